The van der Waals surface area contributed by atoms with Crippen molar-refractivity contribution < 1.29 is 4.79 Å². The molecule has 0 fully saturated rings. The van der Waals surface area contributed by atoms with Gasteiger partial charge in [0.25, 0.3) is 0 Å². The molecule has 0 heterocycles. The molecule has 1 rings (SSSR count). The molecular formula is C14H21NO. The highest BCUT2D eigenvalue weighted by Gasteiger charge is 2.16. The summed E-state index contributed by atoms with van der Waals surface area (Å²) in [5, 5.41) is 2.70. The minimum Gasteiger partial charge on any atom is -0.359 e. The monoisotopic (exact) mass is 219 g/mol. The van der Waals surface area contributed by atoms with Gasteiger partial charge < -0.3 is 5.32 Å². The first-order valence-electron chi connectivity index (χ1n) is 5.85. The number of nitrogens with one attached hydrogen (secondary N) is 1. The second kappa shape index (κ2) is 5.69. The Balaban J connectivity index is 2.98. The molecular weight excluding hydrogens is 198 g/mol. The van der Waals surface area contributed by atoms with Crippen LogP contribution in [0.1, 0.15) is 37.8 Å². The molecule has 0 bridgehead atoms. The Bertz CT molecular complexity index is 358. The van der Waals surface area contributed by atoms with E-state index >= 15 is 0 Å². The summed E-state index contributed by atoms with van der Waals surface area (Å²) in [4.78, 5) is 11.6. The van der Waals surface area contributed by atoms with Crippen LogP contribution in [-0.2, 0) is 11.2 Å². The lowest BCUT2D eigenvalue weighted by atomic mass is 9.90. The van der Waals surface area contributed by atoms with Gasteiger partial charge in [0.2, 0.25) is 5.91 Å². The van der Waals surface area contributed by atoms with Gasteiger partial charge in [-0.25, -0.2) is 0 Å². The molecule has 0 radical (unpaired) electrons. The van der Waals surface area contributed by atoms with Crippen LogP contribution in [0.4, 0.5) is 0 Å². The molecule has 0 spiro atoms. The van der Waals surface area contributed by atoms with E-state index in [0.29, 0.717) is 5.92 Å². The minimum atomic E-state index is -0.0695. The zero-order valence-electron chi connectivity index (χ0n) is 10.6. The van der Waals surface area contributed by atoms with Crippen LogP contribution < -0.4 is 5.32 Å². The smallest absolute Gasteiger partial charge is 0.227 e. The summed E-state index contributed by atoms with van der Waals surface area (Å²) in [5.74, 6) is 0.620. The quantitative estimate of drug-likeness (QED) is 0.829. The molecule has 0 saturated heterocycles. The number of carbonyl (C=O) groups is 1. The zero-order valence-corrected chi connectivity index (χ0v) is 10.6. The molecule has 1 atom stereocenters. The largest absolute Gasteiger partial charge is 0.359 e. The van der Waals surface area contributed by atoms with E-state index in [2.05, 4.69) is 31.3 Å². The topological polar surface area (TPSA) is 29.1 Å². The maximum atomic E-state index is 11.6. The van der Waals surface area contributed by atoms with Gasteiger partial charge in [-0.05, 0) is 30.4 Å². The standard InChI is InChI=1S/C14H21NO/c1-10(2)9-12-7-5-6-8-13(12)11(3)14(16)15-4/h5-8,10-11H,9H2,1-4H3,(H,15,16)/t11-/m1/s1. The highest BCUT2D eigenvalue weighted by molar-refractivity contribution is 5.83. The van der Waals surface area contributed by atoms with E-state index in [9.17, 15) is 4.79 Å². The fourth-order valence-corrected chi connectivity index (χ4v) is 1.94. The molecule has 1 N–H and O–H groups in total. The molecule has 1 amide bonds. The number of hydrogen-bond acceptors (Lipinski definition) is 1. The van der Waals surface area contributed by atoms with Crippen LogP contribution in [0.2, 0.25) is 0 Å². The van der Waals surface area contributed by atoms with Gasteiger partial charge in [0.1, 0.15) is 0 Å². The average molecular weight is 219 g/mol. The molecule has 16 heavy (non-hydrogen) atoms. The molecule has 0 aliphatic carbocycles. The Morgan fingerprint density at radius 1 is 1.25 bits per heavy atom. The Labute approximate surface area is 98.1 Å². The second-order valence-electron chi connectivity index (χ2n) is 4.63. The van der Waals surface area contributed by atoms with E-state index in [1.807, 2.05) is 19.1 Å². The Morgan fingerprint density at radius 3 is 2.44 bits per heavy atom. The maximum absolute atomic E-state index is 11.6. The lowest BCUT2D eigenvalue weighted by Gasteiger charge is -2.16. The summed E-state index contributed by atoms with van der Waals surface area (Å²) in [7, 11) is 1.68. The number of hydrogen-bond donors (Lipinski definition) is 1. The third kappa shape index (κ3) is 3.09. The molecule has 1 aromatic carbocycles. The van der Waals surface area contributed by atoms with E-state index in [0.717, 1.165) is 12.0 Å². The molecule has 0 unspecified atom stereocenters. The zero-order chi connectivity index (χ0) is 12.1. The first kappa shape index (κ1) is 12.8. The van der Waals surface area contributed by atoms with Crippen molar-refractivity contribution in [2.24, 2.45) is 5.92 Å². The lowest BCUT2D eigenvalue weighted by Crippen LogP contribution is -2.24. The van der Waals surface area contributed by atoms with E-state index in [-0.39, 0.29) is 11.8 Å². The molecule has 2 nitrogen and oxygen atoms in total. The molecule has 0 aliphatic rings. The van der Waals surface area contributed by atoms with E-state index < -0.39 is 0 Å². The Kier molecular flexibility index (Phi) is 4.53. The first-order chi connectivity index (χ1) is 7.56. The SMILES string of the molecule is CNC(=O)[C@H](C)c1ccccc1CC(C)C. The van der Waals surface area contributed by atoms with E-state index in [1.54, 1.807) is 7.05 Å². The maximum Gasteiger partial charge on any atom is 0.227 e. The first-order valence-corrected chi connectivity index (χ1v) is 5.85. The summed E-state index contributed by atoms with van der Waals surface area (Å²) < 4.78 is 0. The predicted octanol–water partition coefficient (Wildman–Crippen LogP) is 2.73. The fourth-order valence-electron chi connectivity index (χ4n) is 1.94. The summed E-state index contributed by atoms with van der Waals surface area (Å²) >= 11 is 0. The summed E-state index contributed by atoms with van der Waals surface area (Å²) in [6.07, 6.45) is 1.03. The number of likely N-dealkylation sites (N-methyl/N-ethyl adjacent to an activating group) is 1. The van der Waals surface area contributed by atoms with E-state index in [1.165, 1.54) is 5.56 Å². The summed E-state index contributed by atoms with van der Waals surface area (Å²) in [5.41, 5.74) is 2.43. The second-order valence-corrected chi connectivity index (χ2v) is 4.63. The van der Waals surface area contributed by atoms with Crippen molar-refractivity contribution in [2.45, 2.75) is 33.1 Å². The number of rotatable bonds is 4. The Morgan fingerprint density at radius 2 is 1.88 bits per heavy atom. The van der Waals surface area contributed by atoms with Crippen LogP contribution in [0.5, 0.6) is 0 Å². The van der Waals surface area contributed by atoms with Gasteiger partial charge in [0.15, 0.2) is 0 Å². The number of benzene rings is 1. The molecule has 88 valence electrons. The molecule has 2 heteroatoms. The highest BCUT2D eigenvalue weighted by Crippen LogP contribution is 2.22. The summed E-state index contributed by atoms with van der Waals surface area (Å²) in [6.45, 7) is 6.35. The van der Waals surface area contributed by atoms with Crippen molar-refractivity contribution in [3.63, 3.8) is 0 Å². The van der Waals surface area contributed by atoms with Gasteiger partial charge in [-0.2, -0.15) is 0 Å². The van der Waals surface area contributed by atoms with Crippen molar-refractivity contribution in [1.82, 2.24) is 5.32 Å². The predicted molar refractivity (Wildman–Crippen MR) is 67.5 cm³/mol. The minimum absolute atomic E-state index is 0.0695. The Hall–Kier alpha value is -1.31. The highest BCUT2D eigenvalue weighted by atomic mass is 16.1. The summed E-state index contributed by atoms with van der Waals surface area (Å²) in [6, 6.07) is 8.21. The number of amides is 1. The van der Waals surface area contributed by atoms with Crippen molar-refractivity contribution in [3.05, 3.63) is 35.4 Å². The van der Waals surface area contributed by atoms with Crippen molar-refractivity contribution in [2.75, 3.05) is 7.05 Å². The third-order valence-corrected chi connectivity index (χ3v) is 2.79. The van der Waals surface area contributed by atoms with Crippen LogP contribution in [0.3, 0.4) is 0 Å². The normalized spacial score (nSPS) is 12.6. The van der Waals surface area contributed by atoms with E-state index in [4.69, 9.17) is 0 Å². The molecule has 0 saturated carbocycles. The van der Waals surface area contributed by atoms with Crippen molar-refractivity contribution in [3.8, 4) is 0 Å². The van der Waals surface area contributed by atoms with Crippen molar-refractivity contribution >= 4 is 5.91 Å². The number of carbonyl (C=O) groups excluding carboxylic acids is 1. The van der Waals surface area contributed by atoms with Gasteiger partial charge in [-0.3, -0.25) is 4.79 Å². The van der Waals surface area contributed by atoms with Crippen LogP contribution in [0.15, 0.2) is 24.3 Å². The van der Waals surface area contributed by atoms with Crippen LogP contribution in [-0.4, -0.2) is 13.0 Å². The molecule has 0 aliphatic heterocycles. The van der Waals surface area contributed by atoms with Gasteiger partial charge in [0, 0.05) is 7.05 Å². The average Bonchev–Trinajstić information content (AvgIpc) is 2.27. The van der Waals surface area contributed by atoms with Crippen molar-refractivity contribution in [1.29, 1.82) is 0 Å². The third-order valence-electron chi connectivity index (χ3n) is 2.79. The van der Waals surface area contributed by atoms with Gasteiger partial charge in [-0.15, -0.1) is 0 Å². The van der Waals surface area contributed by atoms with Gasteiger partial charge in [-0.1, -0.05) is 38.1 Å². The van der Waals surface area contributed by atoms with Gasteiger partial charge in [0.05, 0.1) is 5.92 Å². The lowest BCUT2D eigenvalue weighted by molar-refractivity contribution is -0.121. The van der Waals surface area contributed by atoms with Gasteiger partial charge >= 0.3 is 0 Å². The fraction of sp³-hybridized carbons (Fsp3) is 0.500. The molecule has 0 aromatic heterocycles. The van der Waals surface area contributed by atoms with Crippen LogP contribution >= 0.6 is 0 Å². The van der Waals surface area contributed by atoms with Crippen LogP contribution in [0, 0.1) is 5.92 Å². The molecule has 1 aromatic rings. The van der Waals surface area contributed by atoms with Crippen LogP contribution in [0.25, 0.3) is 0 Å².